The number of hydrogen-bond donors (Lipinski definition) is 1. The van der Waals surface area contributed by atoms with Crippen LogP contribution in [0.25, 0.3) is 11.1 Å². The summed E-state index contributed by atoms with van der Waals surface area (Å²) in [6.07, 6.45) is 0.697. The number of rotatable bonds is 3. The highest BCUT2D eigenvalue weighted by Crippen LogP contribution is 2.24. The molecule has 2 aromatic rings. The maximum Gasteiger partial charge on any atom is 0.329 e. The topological polar surface area (TPSA) is 54.9 Å². The predicted octanol–water partition coefficient (Wildman–Crippen LogP) is 3.03. The molecule has 0 fully saturated rings. The standard InChI is InChI=1S/C13H12BrClN2O2/c1-2-6-17-12(18)10(11(15)16-13(17)19)8-4-3-5-9(14)7-8/h3-5,7H,2,6H2,1H3,(H,16,19). The summed E-state index contributed by atoms with van der Waals surface area (Å²) >= 11 is 9.36. The average molecular weight is 344 g/mol. The van der Waals surface area contributed by atoms with Crippen molar-refractivity contribution in [1.29, 1.82) is 0 Å². The maximum atomic E-state index is 12.4. The van der Waals surface area contributed by atoms with E-state index in [9.17, 15) is 9.59 Å². The number of aromatic nitrogens is 2. The van der Waals surface area contributed by atoms with E-state index >= 15 is 0 Å². The molecule has 0 bridgehead atoms. The van der Waals surface area contributed by atoms with E-state index in [1.165, 1.54) is 4.57 Å². The van der Waals surface area contributed by atoms with Crippen molar-refractivity contribution in [3.63, 3.8) is 0 Å². The molecule has 1 aromatic carbocycles. The molecular weight excluding hydrogens is 332 g/mol. The van der Waals surface area contributed by atoms with Gasteiger partial charge in [-0.05, 0) is 24.1 Å². The first-order valence-corrected chi connectivity index (χ1v) is 7.00. The van der Waals surface area contributed by atoms with Gasteiger partial charge in [0.15, 0.2) is 0 Å². The van der Waals surface area contributed by atoms with Gasteiger partial charge in [0.25, 0.3) is 5.56 Å². The molecule has 19 heavy (non-hydrogen) atoms. The first-order valence-electron chi connectivity index (χ1n) is 5.83. The number of hydrogen-bond acceptors (Lipinski definition) is 2. The van der Waals surface area contributed by atoms with Crippen molar-refractivity contribution in [2.75, 3.05) is 0 Å². The maximum absolute atomic E-state index is 12.4. The molecule has 0 aliphatic carbocycles. The third kappa shape index (κ3) is 2.82. The van der Waals surface area contributed by atoms with Crippen molar-refractivity contribution < 1.29 is 0 Å². The summed E-state index contributed by atoms with van der Waals surface area (Å²) in [4.78, 5) is 26.6. The lowest BCUT2D eigenvalue weighted by Crippen LogP contribution is -2.36. The van der Waals surface area contributed by atoms with Gasteiger partial charge in [-0.25, -0.2) is 4.79 Å². The summed E-state index contributed by atoms with van der Waals surface area (Å²) < 4.78 is 2.01. The van der Waals surface area contributed by atoms with Crippen LogP contribution in [0.1, 0.15) is 13.3 Å². The molecule has 0 spiro atoms. The first kappa shape index (κ1) is 14.1. The number of nitrogens with one attached hydrogen (secondary N) is 1. The van der Waals surface area contributed by atoms with E-state index in [-0.39, 0.29) is 10.7 Å². The third-order valence-electron chi connectivity index (χ3n) is 2.70. The molecule has 1 heterocycles. The summed E-state index contributed by atoms with van der Waals surface area (Å²) in [5.41, 5.74) is 0.144. The normalized spacial score (nSPS) is 10.7. The van der Waals surface area contributed by atoms with Crippen molar-refractivity contribution in [2.24, 2.45) is 0 Å². The molecule has 0 saturated carbocycles. The van der Waals surface area contributed by atoms with Crippen LogP contribution in [0.3, 0.4) is 0 Å². The van der Waals surface area contributed by atoms with E-state index < -0.39 is 5.69 Å². The Bertz CT molecular complexity index is 721. The Morgan fingerprint density at radius 2 is 2.11 bits per heavy atom. The van der Waals surface area contributed by atoms with Gasteiger partial charge in [0.1, 0.15) is 5.15 Å². The van der Waals surface area contributed by atoms with Crippen LogP contribution >= 0.6 is 27.5 Å². The fraction of sp³-hybridized carbons (Fsp3) is 0.231. The molecule has 0 aliphatic rings. The minimum Gasteiger partial charge on any atom is -0.297 e. The highest BCUT2D eigenvalue weighted by molar-refractivity contribution is 9.10. The Kier molecular flexibility index (Phi) is 4.27. The lowest BCUT2D eigenvalue weighted by molar-refractivity contribution is 0.617. The van der Waals surface area contributed by atoms with Crippen LogP contribution in [0, 0.1) is 0 Å². The van der Waals surface area contributed by atoms with E-state index in [4.69, 9.17) is 11.6 Å². The first-order chi connectivity index (χ1) is 9.04. The van der Waals surface area contributed by atoms with E-state index in [1.807, 2.05) is 19.1 Å². The molecule has 0 aliphatic heterocycles. The monoisotopic (exact) mass is 342 g/mol. The lowest BCUT2D eigenvalue weighted by atomic mass is 10.1. The van der Waals surface area contributed by atoms with Crippen molar-refractivity contribution in [3.8, 4) is 11.1 Å². The molecule has 1 aromatic heterocycles. The number of halogens is 2. The summed E-state index contributed by atoms with van der Waals surface area (Å²) in [6.45, 7) is 2.27. The van der Waals surface area contributed by atoms with Gasteiger partial charge in [-0.15, -0.1) is 0 Å². The van der Waals surface area contributed by atoms with Crippen LogP contribution in [-0.4, -0.2) is 9.55 Å². The van der Waals surface area contributed by atoms with Crippen LogP contribution in [0.2, 0.25) is 5.15 Å². The Hall–Kier alpha value is -1.33. The quantitative estimate of drug-likeness (QED) is 0.871. The molecule has 0 amide bonds. The Labute approximate surface area is 123 Å². The fourth-order valence-electron chi connectivity index (χ4n) is 1.87. The van der Waals surface area contributed by atoms with Crippen LogP contribution in [-0.2, 0) is 6.54 Å². The average Bonchev–Trinajstić information content (AvgIpc) is 2.34. The molecule has 6 heteroatoms. The number of H-pyrrole nitrogens is 1. The van der Waals surface area contributed by atoms with E-state index in [2.05, 4.69) is 20.9 Å². The number of nitrogens with zero attached hydrogens (tertiary/aromatic N) is 1. The van der Waals surface area contributed by atoms with Crippen molar-refractivity contribution in [1.82, 2.24) is 9.55 Å². The van der Waals surface area contributed by atoms with Crippen LogP contribution in [0.4, 0.5) is 0 Å². The van der Waals surface area contributed by atoms with Crippen LogP contribution < -0.4 is 11.2 Å². The zero-order valence-electron chi connectivity index (χ0n) is 10.2. The van der Waals surface area contributed by atoms with E-state index in [0.717, 1.165) is 4.47 Å². The van der Waals surface area contributed by atoms with Crippen LogP contribution in [0.15, 0.2) is 38.3 Å². The van der Waals surface area contributed by atoms with E-state index in [0.29, 0.717) is 24.1 Å². The second-order valence-corrected chi connectivity index (χ2v) is 5.38. The van der Waals surface area contributed by atoms with Gasteiger partial charge in [0, 0.05) is 11.0 Å². The third-order valence-corrected chi connectivity index (χ3v) is 3.48. The SMILES string of the molecule is CCCn1c(=O)[nH]c(Cl)c(-c2cccc(Br)c2)c1=O. The van der Waals surface area contributed by atoms with Crippen molar-refractivity contribution in [3.05, 3.63) is 54.7 Å². The van der Waals surface area contributed by atoms with Gasteiger partial charge in [-0.1, -0.05) is 46.6 Å². The molecular formula is C13H12BrClN2O2. The fourth-order valence-corrected chi connectivity index (χ4v) is 2.54. The smallest absolute Gasteiger partial charge is 0.297 e. The summed E-state index contributed by atoms with van der Waals surface area (Å²) in [5, 5.41) is 0.0699. The van der Waals surface area contributed by atoms with Gasteiger partial charge in [0.05, 0.1) is 5.56 Å². The van der Waals surface area contributed by atoms with Crippen molar-refractivity contribution in [2.45, 2.75) is 19.9 Å². The summed E-state index contributed by atoms with van der Waals surface area (Å²) in [6, 6.07) is 7.23. The molecule has 1 N–H and O–H groups in total. The zero-order chi connectivity index (χ0) is 14.0. The molecule has 0 atom stereocenters. The number of benzene rings is 1. The molecule has 2 rings (SSSR count). The molecule has 0 saturated heterocycles. The molecule has 100 valence electrons. The molecule has 0 unspecified atom stereocenters. The van der Waals surface area contributed by atoms with Crippen molar-refractivity contribution >= 4 is 27.5 Å². The summed E-state index contributed by atoms with van der Waals surface area (Å²) in [7, 11) is 0. The molecule has 4 nitrogen and oxygen atoms in total. The Balaban J connectivity index is 2.74. The second kappa shape index (κ2) is 5.75. The summed E-state index contributed by atoms with van der Waals surface area (Å²) in [5.74, 6) is 0. The second-order valence-electron chi connectivity index (χ2n) is 4.09. The Morgan fingerprint density at radius 1 is 1.37 bits per heavy atom. The van der Waals surface area contributed by atoms with Gasteiger partial charge in [0.2, 0.25) is 0 Å². The highest BCUT2D eigenvalue weighted by atomic mass is 79.9. The minimum absolute atomic E-state index is 0.0699. The van der Waals surface area contributed by atoms with E-state index in [1.54, 1.807) is 12.1 Å². The van der Waals surface area contributed by atoms with Gasteiger partial charge in [-0.3, -0.25) is 14.3 Å². The largest absolute Gasteiger partial charge is 0.329 e. The van der Waals surface area contributed by atoms with Gasteiger partial charge >= 0.3 is 5.69 Å². The van der Waals surface area contributed by atoms with Gasteiger partial charge in [-0.2, -0.15) is 0 Å². The minimum atomic E-state index is -0.476. The highest BCUT2D eigenvalue weighted by Gasteiger charge is 2.14. The van der Waals surface area contributed by atoms with Gasteiger partial charge < -0.3 is 0 Å². The lowest BCUT2D eigenvalue weighted by Gasteiger charge is -2.08. The zero-order valence-corrected chi connectivity index (χ0v) is 12.6. The number of aromatic amines is 1. The predicted molar refractivity (Wildman–Crippen MR) is 79.8 cm³/mol. The Morgan fingerprint density at radius 3 is 2.74 bits per heavy atom. The van der Waals surface area contributed by atoms with Crippen LogP contribution in [0.5, 0.6) is 0 Å². The molecule has 0 radical (unpaired) electrons.